The Morgan fingerprint density at radius 1 is 0.203 bits per heavy atom. The summed E-state index contributed by atoms with van der Waals surface area (Å²) in [5.41, 5.74) is 19.0. The van der Waals surface area contributed by atoms with Crippen molar-refractivity contribution in [1.29, 1.82) is 0 Å². The summed E-state index contributed by atoms with van der Waals surface area (Å²) in [6, 6.07) is 118. The minimum Gasteiger partial charge on any atom is -0.310 e. The molecule has 13 rings (SSSR count). The third-order valence-corrected chi connectivity index (χ3v) is 15.1. The van der Waals surface area contributed by atoms with Crippen molar-refractivity contribution in [3.63, 3.8) is 0 Å². The molecule has 0 saturated heterocycles. The maximum absolute atomic E-state index is 4.92. The molecule has 0 bridgehead atoms. The summed E-state index contributed by atoms with van der Waals surface area (Å²) in [7, 11) is 0. The number of nitrogens with zero attached hydrogens (tertiary/aromatic N) is 4. The molecule has 0 fully saturated rings. The van der Waals surface area contributed by atoms with E-state index in [0.717, 1.165) is 107 Å². The number of hydrogen-bond donors (Lipinski definition) is 0. The van der Waals surface area contributed by atoms with Gasteiger partial charge in [-0.25, -0.2) is 0 Å². The Balaban J connectivity index is 1.22. The van der Waals surface area contributed by atoms with Gasteiger partial charge in [-0.15, -0.1) is 0 Å². The largest absolute Gasteiger partial charge is 0.310 e. The van der Waals surface area contributed by atoms with Crippen LogP contribution in [-0.4, -0.2) is 0 Å². The predicted molar refractivity (Wildman–Crippen MR) is 332 cm³/mol. The normalized spacial score (nSPS) is 12.2. The van der Waals surface area contributed by atoms with Crippen LogP contribution in [0.1, 0.15) is 33.4 Å². The van der Waals surface area contributed by atoms with Gasteiger partial charge in [-0.2, -0.15) is 0 Å². The topological polar surface area (TPSA) is 13.0 Å². The van der Waals surface area contributed by atoms with Crippen LogP contribution in [0.4, 0.5) is 68.2 Å². The average molecular weight is 1010 g/mol. The minimum absolute atomic E-state index is 0.986. The van der Waals surface area contributed by atoms with Gasteiger partial charge >= 0.3 is 0 Å². The van der Waals surface area contributed by atoms with Gasteiger partial charge in [0.1, 0.15) is 0 Å². The van der Waals surface area contributed by atoms with E-state index < -0.39 is 5.41 Å². The lowest BCUT2D eigenvalue weighted by molar-refractivity contribution is 0.731. The lowest BCUT2D eigenvalue weighted by atomic mass is 9.58. The van der Waals surface area contributed by atoms with Gasteiger partial charge in [0.05, 0.1) is 5.41 Å². The van der Waals surface area contributed by atoms with E-state index in [1.165, 1.54) is 0 Å². The van der Waals surface area contributed by atoms with E-state index in [1.54, 1.807) is 0 Å². The molecule has 4 nitrogen and oxygen atoms in total. The molecule has 0 heterocycles. The van der Waals surface area contributed by atoms with Crippen molar-refractivity contribution in [2.45, 2.75) is 5.41 Å². The highest BCUT2D eigenvalue weighted by Crippen LogP contribution is 2.57. The molecule has 79 heavy (non-hydrogen) atoms. The second-order valence-electron chi connectivity index (χ2n) is 19.8. The molecule has 0 aromatic heterocycles. The van der Waals surface area contributed by atoms with Crippen LogP contribution < -0.4 is 19.6 Å². The van der Waals surface area contributed by atoms with Gasteiger partial charge < -0.3 is 19.6 Å². The first-order chi connectivity index (χ1) is 39.1. The Kier molecular flexibility index (Phi) is 13.0. The third-order valence-electron chi connectivity index (χ3n) is 15.1. The van der Waals surface area contributed by atoms with Crippen molar-refractivity contribution in [2.75, 3.05) is 19.6 Å². The lowest BCUT2D eigenvalue weighted by Gasteiger charge is -2.44. The molecule has 1 aliphatic rings. The van der Waals surface area contributed by atoms with E-state index in [2.05, 4.69) is 347 Å². The molecule has 0 unspecified atom stereocenters. The molecule has 12 aromatic rings. The van der Waals surface area contributed by atoms with Crippen LogP contribution in [-0.2, 0) is 5.41 Å². The van der Waals surface area contributed by atoms with Crippen LogP contribution in [0, 0.1) is 0 Å². The molecule has 1 aliphatic carbocycles. The van der Waals surface area contributed by atoms with E-state index >= 15 is 0 Å². The van der Waals surface area contributed by atoms with Crippen LogP contribution in [0.25, 0.3) is 5.57 Å². The zero-order valence-electron chi connectivity index (χ0n) is 43.7. The maximum Gasteiger partial charge on any atom is 0.0716 e. The molecular weight excluding hydrogens is 957 g/mol. The van der Waals surface area contributed by atoms with Crippen LogP contribution in [0.2, 0.25) is 0 Å². The first-order valence-electron chi connectivity index (χ1n) is 26.9. The van der Waals surface area contributed by atoms with E-state index in [0.29, 0.717) is 0 Å². The van der Waals surface area contributed by atoms with Gasteiger partial charge in [-0.3, -0.25) is 0 Å². The third kappa shape index (κ3) is 9.01. The molecule has 0 amide bonds. The van der Waals surface area contributed by atoms with Crippen molar-refractivity contribution < 1.29 is 0 Å². The Morgan fingerprint density at radius 3 is 0.608 bits per heavy atom. The van der Waals surface area contributed by atoms with Gasteiger partial charge in [-0.1, -0.05) is 201 Å². The molecule has 0 N–H and O–H groups in total. The summed E-state index contributed by atoms with van der Waals surface area (Å²) in [6.07, 6.45) is 0. The first-order valence-corrected chi connectivity index (χ1v) is 26.9. The van der Waals surface area contributed by atoms with Gasteiger partial charge in [0.2, 0.25) is 0 Å². The van der Waals surface area contributed by atoms with Crippen LogP contribution >= 0.6 is 0 Å². The highest BCUT2D eigenvalue weighted by molar-refractivity contribution is 5.93. The number of para-hydroxylation sites is 8. The number of benzene rings is 12. The molecule has 0 aliphatic heterocycles. The van der Waals surface area contributed by atoms with E-state index in [4.69, 9.17) is 6.58 Å². The Morgan fingerprint density at radius 2 is 0.392 bits per heavy atom. The smallest absolute Gasteiger partial charge is 0.0716 e. The number of anilines is 12. The number of fused-ring (bicyclic) bond motifs is 2. The molecule has 0 saturated carbocycles. The second-order valence-corrected chi connectivity index (χ2v) is 19.8. The Bertz CT molecular complexity index is 3400. The fourth-order valence-corrected chi connectivity index (χ4v) is 11.8. The highest BCUT2D eigenvalue weighted by Gasteiger charge is 2.46. The van der Waals surface area contributed by atoms with Crippen LogP contribution in [0.3, 0.4) is 0 Å². The molecular formula is C75H56N4. The van der Waals surface area contributed by atoms with Crippen molar-refractivity contribution in [3.8, 4) is 0 Å². The summed E-state index contributed by atoms with van der Waals surface area (Å²) in [5, 5.41) is 0. The lowest BCUT2D eigenvalue weighted by Crippen LogP contribution is -2.36. The fraction of sp³-hybridized carbons (Fsp3) is 0.0133. The highest BCUT2D eigenvalue weighted by atomic mass is 15.2. The average Bonchev–Trinajstić information content (AvgIpc) is 3.57. The zero-order chi connectivity index (χ0) is 53.0. The fourth-order valence-electron chi connectivity index (χ4n) is 11.8. The van der Waals surface area contributed by atoms with Crippen molar-refractivity contribution >= 4 is 73.8 Å². The summed E-state index contributed by atoms with van der Waals surface area (Å²) >= 11 is 0. The summed E-state index contributed by atoms with van der Waals surface area (Å²) in [6.45, 7) is 4.92. The summed E-state index contributed by atoms with van der Waals surface area (Å²) in [4.78, 5) is 9.59. The van der Waals surface area contributed by atoms with Crippen molar-refractivity contribution in [3.05, 3.63) is 368 Å². The zero-order valence-corrected chi connectivity index (χ0v) is 43.7. The number of hydrogen-bond acceptors (Lipinski definition) is 4. The Hall–Kier alpha value is -10.4. The number of rotatable bonds is 14. The van der Waals surface area contributed by atoms with Gasteiger partial charge in [0.15, 0.2) is 0 Å². The second kappa shape index (κ2) is 21.3. The maximum atomic E-state index is 4.92. The first kappa shape index (κ1) is 48.2. The summed E-state index contributed by atoms with van der Waals surface area (Å²) < 4.78 is 0. The predicted octanol–water partition coefficient (Wildman–Crippen LogP) is 20.3. The van der Waals surface area contributed by atoms with Crippen molar-refractivity contribution in [2.24, 2.45) is 0 Å². The van der Waals surface area contributed by atoms with Gasteiger partial charge in [0.25, 0.3) is 0 Å². The monoisotopic (exact) mass is 1010 g/mol. The molecule has 376 valence electrons. The van der Waals surface area contributed by atoms with E-state index in [-0.39, 0.29) is 0 Å². The molecule has 12 aromatic carbocycles. The quantitative estimate of drug-likeness (QED) is 0.108. The Labute approximate surface area is 463 Å². The summed E-state index contributed by atoms with van der Waals surface area (Å²) in [5.74, 6) is 0. The van der Waals surface area contributed by atoms with E-state index in [9.17, 15) is 0 Å². The van der Waals surface area contributed by atoms with Crippen LogP contribution in [0.5, 0.6) is 0 Å². The molecule has 4 heteroatoms. The SMILES string of the molecule is C=C1c2ccccc2C(c2cc(N(c3ccccc3)c3ccccc3)cc(N(c3ccccc3)c3ccccc3)c2)(c2cc(N(c3ccccc3)c3ccccc3)cc(N(c3ccccc3)c3ccccc3)c2)c2ccccc21. The molecule has 0 radical (unpaired) electrons. The van der Waals surface area contributed by atoms with Crippen molar-refractivity contribution in [1.82, 2.24) is 0 Å². The van der Waals surface area contributed by atoms with Crippen LogP contribution in [0.15, 0.2) is 334 Å². The molecule has 0 atom stereocenters. The minimum atomic E-state index is -0.986. The molecule has 0 spiro atoms. The van der Waals surface area contributed by atoms with Gasteiger partial charge in [-0.05, 0) is 172 Å². The van der Waals surface area contributed by atoms with Gasteiger partial charge in [0, 0.05) is 68.2 Å². The van der Waals surface area contributed by atoms with E-state index in [1.807, 2.05) is 0 Å². The standard InChI is InChI=1S/C75H56N4/c1-56-71-46-26-28-48-73(71)75(74-49-29-27-47-72(56)74,57-50-67(76(59-30-10-2-11-31-59)60-32-12-3-13-33-60)54-68(51-57)77(61-34-14-4-15-35-61)62-36-16-5-17-37-62)58-52-69(78(63-38-18-6-19-39-63)64-40-20-7-21-41-64)55-70(53-58)79(65-42-22-8-23-43-65)66-44-24-9-25-45-66/h2-55H,1H2.